The van der Waals surface area contributed by atoms with Crippen LogP contribution in [0.25, 0.3) is 0 Å². The van der Waals surface area contributed by atoms with Crippen LogP contribution in [-0.4, -0.2) is 50.0 Å². The van der Waals surface area contributed by atoms with Gasteiger partial charge in [-0.2, -0.15) is 0 Å². The monoisotopic (exact) mass is 226 g/mol. The summed E-state index contributed by atoms with van der Waals surface area (Å²) in [4.78, 5) is 7.08. The van der Waals surface area contributed by atoms with Crippen molar-refractivity contribution >= 4 is 5.71 Å². The van der Waals surface area contributed by atoms with Gasteiger partial charge in [0.2, 0.25) is 0 Å². The van der Waals surface area contributed by atoms with Crippen LogP contribution in [0.3, 0.4) is 0 Å². The van der Waals surface area contributed by atoms with Crippen molar-refractivity contribution < 1.29 is 4.74 Å². The van der Waals surface area contributed by atoms with E-state index in [4.69, 9.17) is 4.74 Å². The summed E-state index contributed by atoms with van der Waals surface area (Å²) >= 11 is 0. The fourth-order valence-electron chi connectivity index (χ4n) is 2.04. The smallest absolute Gasteiger partial charge is 0.0594 e. The lowest BCUT2D eigenvalue weighted by molar-refractivity contribution is 0.0377. The van der Waals surface area contributed by atoms with Crippen LogP contribution in [0.2, 0.25) is 0 Å². The van der Waals surface area contributed by atoms with Gasteiger partial charge in [-0.25, -0.2) is 0 Å². The summed E-state index contributed by atoms with van der Waals surface area (Å²) < 4.78 is 5.32. The van der Waals surface area contributed by atoms with Crippen molar-refractivity contribution in [3.63, 3.8) is 0 Å². The lowest BCUT2D eigenvalue weighted by Crippen LogP contribution is -2.37. The van der Waals surface area contributed by atoms with Gasteiger partial charge in [0.15, 0.2) is 0 Å². The molecule has 0 radical (unpaired) electrons. The average Bonchev–Trinajstić information content (AvgIpc) is 2.25. The molecule has 3 heteroatoms. The molecular formula is C13H26N2O. The van der Waals surface area contributed by atoms with E-state index in [9.17, 15) is 0 Å². The number of rotatable bonds is 6. The van der Waals surface area contributed by atoms with Crippen molar-refractivity contribution in [3.05, 3.63) is 0 Å². The third-order valence-electron chi connectivity index (χ3n) is 2.82. The largest absolute Gasteiger partial charge is 0.379 e. The van der Waals surface area contributed by atoms with E-state index in [0.717, 1.165) is 45.2 Å². The van der Waals surface area contributed by atoms with Gasteiger partial charge in [0, 0.05) is 31.9 Å². The van der Waals surface area contributed by atoms with Gasteiger partial charge >= 0.3 is 0 Å². The summed E-state index contributed by atoms with van der Waals surface area (Å²) in [5, 5.41) is 0. The molecule has 0 aliphatic carbocycles. The molecule has 1 aliphatic heterocycles. The summed E-state index contributed by atoms with van der Waals surface area (Å²) in [5.41, 5.74) is 1.30. The van der Waals surface area contributed by atoms with Gasteiger partial charge in [-0.1, -0.05) is 13.8 Å². The molecule has 94 valence electrons. The molecule has 0 aromatic rings. The topological polar surface area (TPSA) is 24.8 Å². The van der Waals surface area contributed by atoms with Gasteiger partial charge < -0.3 is 4.74 Å². The van der Waals surface area contributed by atoms with Gasteiger partial charge in [0.1, 0.15) is 0 Å². The molecule has 1 fully saturated rings. The van der Waals surface area contributed by atoms with Crippen molar-refractivity contribution in [1.29, 1.82) is 0 Å². The zero-order valence-electron chi connectivity index (χ0n) is 11.0. The average molecular weight is 226 g/mol. The van der Waals surface area contributed by atoms with Gasteiger partial charge in [-0.05, 0) is 25.7 Å². The normalized spacial score (nSPS) is 19.4. The highest BCUT2D eigenvalue weighted by molar-refractivity contribution is 5.81. The number of ether oxygens (including phenoxy) is 1. The second-order valence-corrected chi connectivity index (χ2v) is 5.02. The first kappa shape index (κ1) is 13.7. The van der Waals surface area contributed by atoms with Crippen LogP contribution < -0.4 is 0 Å². The zero-order chi connectivity index (χ0) is 11.8. The minimum absolute atomic E-state index is 0.725. The Morgan fingerprint density at radius 2 is 2.00 bits per heavy atom. The van der Waals surface area contributed by atoms with Crippen molar-refractivity contribution in [2.45, 2.75) is 33.6 Å². The molecule has 0 atom stereocenters. The summed E-state index contributed by atoms with van der Waals surface area (Å²) in [5.74, 6) is 0.725. The minimum atomic E-state index is 0.725. The summed E-state index contributed by atoms with van der Waals surface area (Å²) in [6.07, 6.45) is 2.31. The molecule has 1 saturated heterocycles. The Morgan fingerprint density at radius 3 is 2.62 bits per heavy atom. The first-order valence-corrected chi connectivity index (χ1v) is 6.48. The first-order chi connectivity index (χ1) is 7.68. The van der Waals surface area contributed by atoms with E-state index < -0.39 is 0 Å². The predicted molar refractivity (Wildman–Crippen MR) is 69.3 cm³/mol. The van der Waals surface area contributed by atoms with Crippen LogP contribution >= 0.6 is 0 Å². The standard InChI is InChI=1S/C13H26N2O/c1-12(2)11-13(3)14-5-4-6-15-7-9-16-10-8-15/h12H,4-11H2,1-3H3. The molecule has 1 rings (SSSR count). The summed E-state index contributed by atoms with van der Waals surface area (Å²) in [6, 6.07) is 0. The van der Waals surface area contributed by atoms with Crippen LogP contribution in [-0.2, 0) is 4.74 Å². The molecule has 0 saturated carbocycles. The van der Waals surface area contributed by atoms with E-state index >= 15 is 0 Å². The van der Waals surface area contributed by atoms with E-state index in [1.54, 1.807) is 0 Å². The lowest BCUT2D eigenvalue weighted by atomic mass is 10.1. The van der Waals surface area contributed by atoms with E-state index in [1.165, 1.54) is 18.7 Å². The molecule has 1 heterocycles. The third-order valence-corrected chi connectivity index (χ3v) is 2.82. The predicted octanol–water partition coefficient (Wildman–Crippen LogP) is 2.22. The van der Waals surface area contributed by atoms with Gasteiger partial charge in [-0.15, -0.1) is 0 Å². The molecule has 0 aromatic carbocycles. The summed E-state index contributed by atoms with van der Waals surface area (Å²) in [7, 11) is 0. The van der Waals surface area contributed by atoms with Crippen LogP contribution in [0.15, 0.2) is 4.99 Å². The van der Waals surface area contributed by atoms with E-state index in [0.29, 0.717) is 0 Å². The SMILES string of the molecule is CC(CC(C)C)=NCCCN1CCOCC1. The van der Waals surface area contributed by atoms with Crippen molar-refractivity contribution in [2.24, 2.45) is 10.9 Å². The van der Waals surface area contributed by atoms with Crippen LogP contribution in [0.1, 0.15) is 33.6 Å². The van der Waals surface area contributed by atoms with Crippen molar-refractivity contribution in [2.75, 3.05) is 39.4 Å². The maximum atomic E-state index is 5.32. The highest BCUT2D eigenvalue weighted by atomic mass is 16.5. The van der Waals surface area contributed by atoms with Crippen molar-refractivity contribution in [3.8, 4) is 0 Å². The highest BCUT2D eigenvalue weighted by Gasteiger charge is 2.08. The first-order valence-electron chi connectivity index (χ1n) is 6.48. The van der Waals surface area contributed by atoms with Crippen LogP contribution in [0, 0.1) is 5.92 Å². The number of hydrogen-bond donors (Lipinski definition) is 0. The molecular weight excluding hydrogens is 200 g/mol. The second kappa shape index (κ2) is 7.80. The summed E-state index contributed by atoms with van der Waals surface area (Å²) in [6.45, 7) is 12.8. The lowest BCUT2D eigenvalue weighted by Gasteiger charge is -2.26. The zero-order valence-corrected chi connectivity index (χ0v) is 11.0. The molecule has 16 heavy (non-hydrogen) atoms. The Morgan fingerprint density at radius 1 is 1.31 bits per heavy atom. The molecule has 1 aliphatic rings. The number of nitrogens with zero attached hydrogens (tertiary/aromatic N) is 2. The molecule has 0 amide bonds. The Labute approximate surface area is 99.9 Å². The molecule has 0 N–H and O–H groups in total. The maximum Gasteiger partial charge on any atom is 0.0594 e. The molecule has 0 unspecified atom stereocenters. The Kier molecular flexibility index (Phi) is 6.65. The molecule has 3 nitrogen and oxygen atoms in total. The molecule has 0 aromatic heterocycles. The number of morpholine rings is 1. The number of aliphatic imine (C=N–C) groups is 1. The Bertz CT molecular complexity index is 208. The van der Waals surface area contributed by atoms with E-state index in [1.807, 2.05) is 0 Å². The number of hydrogen-bond acceptors (Lipinski definition) is 3. The highest BCUT2D eigenvalue weighted by Crippen LogP contribution is 2.02. The van der Waals surface area contributed by atoms with Crippen molar-refractivity contribution in [1.82, 2.24) is 4.90 Å². The Hall–Kier alpha value is -0.410. The fraction of sp³-hybridized carbons (Fsp3) is 0.923. The van der Waals surface area contributed by atoms with Crippen LogP contribution in [0.4, 0.5) is 0 Å². The van der Waals surface area contributed by atoms with Gasteiger partial charge in [0.25, 0.3) is 0 Å². The maximum absolute atomic E-state index is 5.32. The van der Waals surface area contributed by atoms with Gasteiger partial charge in [0.05, 0.1) is 13.2 Å². The minimum Gasteiger partial charge on any atom is -0.379 e. The fourth-order valence-corrected chi connectivity index (χ4v) is 2.04. The Balaban J connectivity index is 2.05. The molecule has 0 bridgehead atoms. The van der Waals surface area contributed by atoms with Gasteiger partial charge in [-0.3, -0.25) is 9.89 Å². The second-order valence-electron chi connectivity index (χ2n) is 5.02. The van der Waals surface area contributed by atoms with E-state index in [-0.39, 0.29) is 0 Å². The van der Waals surface area contributed by atoms with Crippen LogP contribution in [0.5, 0.6) is 0 Å². The molecule has 0 spiro atoms. The third kappa shape index (κ3) is 6.23. The van der Waals surface area contributed by atoms with E-state index in [2.05, 4.69) is 30.7 Å². The quantitative estimate of drug-likeness (QED) is 0.512.